The number of amides is 2. The Morgan fingerprint density at radius 3 is 2.74 bits per heavy atom. The highest BCUT2D eigenvalue weighted by Gasteiger charge is 2.51. The van der Waals surface area contributed by atoms with Gasteiger partial charge < -0.3 is 15.2 Å². The first-order chi connectivity index (χ1) is 11.1. The molecule has 2 heterocycles. The van der Waals surface area contributed by atoms with Crippen molar-refractivity contribution in [1.82, 2.24) is 10.2 Å². The van der Waals surface area contributed by atoms with Crippen LogP contribution in [0, 0.1) is 0 Å². The predicted molar refractivity (Wildman–Crippen MR) is 79.5 cm³/mol. The first-order valence-electron chi connectivity index (χ1n) is 7.31. The molecule has 120 valence electrons. The molecule has 1 fully saturated rings. The van der Waals surface area contributed by atoms with E-state index in [0.717, 1.165) is 0 Å². The smallest absolute Gasteiger partial charge is 0.352 e. The number of carboxylic acids is 1. The maximum atomic E-state index is 12.1. The van der Waals surface area contributed by atoms with E-state index in [1.54, 1.807) is 24.3 Å². The third kappa shape index (κ3) is 2.90. The van der Waals surface area contributed by atoms with E-state index in [-0.39, 0.29) is 18.3 Å². The second kappa shape index (κ2) is 6.12. The van der Waals surface area contributed by atoms with Crippen LogP contribution >= 0.6 is 0 Å². The number of fused-ring (bicyclic) bond motifs is 1. The molecular weight excluding hydrogens is 300 g/mol. The van der Waals surface area contributed by atoms with Gasteiger partial charge in [0.1, 0.15) is 17.5 Å². The van der Waals surface area contributed by atoms with Crippen LogP contribution in [-0.4, -0.2) is 46.5 Å². The lowest BCUT2D eigenvalue weighted by atomic mass is 9.86. The molecule has 23 heavy (non-hydrogen) atoms. The van der Waals surface area contributed by atoms with Crippen molar-refractivity contribution in [2.24, 2.45) is 0 Å². The van der Waals surface area contributed by atoms with Crippen molar-refractivity contribution in [3.05, 3.63) is 42.1 Å². The summed E-state index contributed by atoms with van der Waals surface area (Å²) >= 11 is 0. The van der Waals surface area contributed by atoms with Crippen LogP contribution in [-0.2, 0) is 14.4 Å². The molecular formula is C16H16N2O5. The molecule has 0 spiro atoms. The van der Waals surface area contributed by atoms with Gasteiger partial charge in [0.25, 0.3) is 11.8 Å². The van der Waals surface area contributed by atoms with Crippen molar-refractivity contribution >= 4 is 17.8 Å². The van der Waals surface area contributed by atoms with E-state index >= 15 is 0 Å². The fraction of sp³-hybridized carbons (Fsp3) is 0.312. The summed E-state index contributed by atoms with van der Waals surface area (Å²) in [6.45, 7) is -0.192. The largest absolute Gasteiger partial charge is 0.484 e. The Balaban J connectivity index is 1.55. The molecule has 1 aromatic rings. The van der Waals surface area contributed by atoms with Gasteiger partial charge in [0.15, 0.2) is 6.61 Å². The summed E-state index contributed by atoms with van der Waals surface area (Å²) in [6, 6.07) is 7.92. The Kier molecular flexibility index (Phi) is 4.01. The molecule has 2 amide bonds. The van der Waals surface area contributed by atoms with Crippen LogP contribution in [0.5, 0.6) is 5.75 Å². The molecule has 0 unspecified atom stereocenters. The number of aliphatic carboxylic acids is 1. The van der Waals surface area contributed by atoms with Crippen LogP contribution in [0.25, 0.3) is 0 Å². The number of carbonyl (C=O) groups excluding carboxylic acids is 2. The quantitative estimate of drug-likeness (QED) is 0.772. The lowest BCUT2D eigenvalue weighted by molar-refractivity contribution is -0.155. The molecule has 0 aliphatic carbocycles. The topological polar surface area (TPSA) is 95.9 Å². The summed E-state index contributed by atoms with van der Waals surface area (Å²) in [4.78, 5) is 36.4. The van der Waals surface area contributed by atoms with Gasteiger partial charge in [-0.3, -0.25) is 14.5 Å². The molecule has 1 aromatic carbocycles. The number of carbonyl (C=O) groups is 3. The molecule has 1 saturated heterocycles. The van der Waals surface area contributed by atoms with Gasteiger partial charge in [-0.25, -0.2) is 4.79 Å². The van der Waals surface area contributed by atoms with Gasteiger partial charge in [-0.15, -0.1) is 0 Å². The molecule has 0 aromatic heterocycles. The van der Waals surface area contributed by atoms with Gasteiger partial charge >= 0.3 is 5.97 Å². The van der Waals surface area contributed by atoms with Crippen molar-refractivity contribution in [2.75, 3.05) is 6.61 Å². The molecule has 3 rings (SSSR count). The van der Waals surface area contributed by atoms with E-state index in [0.29, 0.717) is 18.6 Å². The van der Waals surface area contributed by atoms with Crippen LogP contribution in [0.3, 0.4) is 0 Å². The summed E-state index contributed by atoms with van der Waals surface area (Å²) in [5, 5.41) is 11.7. The van der Waals surface area contributed by atoms with Gasteiger partial charge in [-0.2, -0.15) is 0 Å². The molecule has 0 bridgehead atoms. The van der Waals surface area contributed by atoms with E-state index in [4.69, 9.17) is 9.84 Å². The van der Waals surface area contributed by atoms with Crippen LogP contribution < -0.4 is 10.1 Å². The van der Waals surface area contributed by atoms with Crippen molar-refractivity contribution in [2.45, 2.75) is 24.9 Å². The van der Waals surface area contributed by atoms with Crippen molar-refractivity contribution in [3.63, 3.8) is 0 Å². The molecule has 2 N–H and O–H groups in total. The van der Waals surface area contributed by atoms with E-state index < -0.39 is 23.8 Å². The molecule has 0 saturated carbocycles. The second-order valence-electron chi connectivity index (χ2n) is 5.39. The maximum absolute atomic E-state index is 12.1. The molecule has 0 radical (unpaired) electrons. The monoisotopic (exact) mass is 316 g/mol. The Hall–Kier alpha value is -2.83. The summed E-state index contributed by atoms with van der Waals surface area (Å²) in [6.07, 6.45) is 2.74. The highest BCUT2D eigenvalue weighted by atomic mass is 16.5. The number of rotatable bonds is 5. The average Bonchev–Trinajstić information content (AvgIpc) is 2.57. The minimum atomic E-state index is -1.12. The zero-order valence-electron chi connectivity index (χ0n) is 12.3. The average molecular weight is 316 g/mol. The highest BCUT2D eigenvalue weighted by Crippen LogP contribution is 2.33. The van der Waals surface area contributed by atoms with Crippen molar-refractivity contribution in [1.29, 1.82) is 0 Å². The minimum absolute atomic E-state index is 0.00251. The van der Waals surface area contributed by atoms with Crippen molar-refractivity contribution in [3.8, 4) is 5.75 Å². The standard InChI is InChI=1S/C16H16N2O5/c19-13(9-23-10-5-2-1-3-6-10)17-14-11-7-4-8-12(16(21)22)18(11)15(14)20/h1-3,5-6,8,11,14H,4,7,9H2,(H,17,19)(H,21,22)/t11-,14-/m0/s1. The van der Waals surface area contributed by atoms with E-state index in [1.165, 1.54) is 11.0 Å². The normalized spacial score (nSPS) is 22.5. The van der Waals surface area contributed by atoms with Crippen LogP contribution in [0.1, 0.15) is 12.8 Å². The number of allylic oxidation sites excluding steroid dienone is 1. The number of nitrogens with one attached hydrogen (secondary N) is 1. The van der Waals surface area contributed by atoms with Gasteiger partial charge in [-0.05, 0) is 25.0 Å². The lowest BCUT2D eigenvalue weighted by Crippen LogP contribution is -2.71. The second-order valence-corrected chi connectivity index (χ2v) is 5.39. The lowest BCUT2D eigenvalue weighted by Gasteiger charge is -2.49. The Morgan fingerprint density at radius 1 is 1.30 bits per heavy atom. The number of benzene rings is 1. The predicted octanol–water partition coefficient (Wildman–Crippen LogP) is 0.523. The fourth-order valence-electron chi connectivity index (χ4n) is 2.86. The number of β-lactam (4-membered cyclic amide) rings is 1. The summed E-state index contributed by atoms with van der Waals surface area (Å²) < 4.78 is 5.33. The number of para-hydroxylation sites is 1. The summed E-state index contributed by atoms with van der Waals surface area (Å²) in [7, 11) is 0. The summed E-state index contributed by atoms with van der Waals surface area (Å²) in [5.41, 5.74) is -0.00251. The van der Waals surface area contributed by atoms with Crippen LogP contribution in [0.15, 0.2) is 42.1 Å². The minimum Gasteiger partial charge on any atom is -0.484 e. The van der Waals surface area contributed by atoms with E-state index in [1.807, 2.05) is 6.07 Å². The number of nitrogens with zero attached hydrogens (tertiary/aromatic N) is 1. The van der Waals surface area contributed by atoms with Crippen molar-refractivity contribution < 1.29 is 24.2 Å². The number of hydrogen-bond acceptors (Lipinski definition) is 4. The third-order valence-electron chi connectivity index (χ3n) is 3.93. The summed E-state index contributed by atoms with van der Waals surface area (Å²) in [5.74, 6) is -1.35. The molecule has 7 nitrogen and oxygen atoms in total. The zero-order chi connectivity index (χ0) is 16.4. The van der Waals surface area contributed by atoms with Gasteiger partial charge in [0.05, 0.1) is 6.04 Å². The Bertz CT molecular complexity index is 670. The fourth-order valence-corrected chi connectivity index (χ4v) is 2.86. The van der Waals surface area contributed by atoms with Gasteiger partial charge in [0, 0.05) is 0 Å². The first-order valence-corrected chi connectivity index (χ1v) is 7.31. The zero-order valence-corrected chi connectivity index (χ0v) is 12.3. The number of hydrogen-bond donors (Lipinski definition) is 2. The number of carboxylic acid groups (broad SMARTS) is 1. The molecule has 2 aliphatic heterocycles. The molecule has 2 aliphatic rings. The first kappa shape index (κ1) is 15.1. The van der Waals surface area contributed by atoms with E-state index in [9.17, 15) is 14.4 Å². The van der Waals surface area contributed by atoms with E-state index in [2.05, 4.69) is 5.32 Å². The van der Waals surface area contributed by atoms with Crippen LogP contribution in [0.4, 0.5) is 0 Å². The maximum Gasteiger partial charge on any atom is 0.352 e. The highest BCUT2D eigenvalue weighted by molar-refractivity contribution is 6.01. The van der Waals surface area contributed by atoms with Crippen LogP contribution in [0.2, 0.25) is 0 Å². The Labute approximate surface area is 132 Å². The van der Waals surface area contributed by atoms with Gasteiger partial charge in [-0.1, -0.05) is 24.3 Å². The molecule has 7 heteroatoms. The molecule has 2 atom stereocenters. The number of ether oxygens (including phenoxy) is 1. The van der Waals surface area contributed by atoms with Gasteiger partial charge in [0.2, 0.25) is 0 Å². The Morgan fingerprint density at radius 2 is 2.04 bits per heavy atom. The third-order valence-corrected chi connectivity index (χ3v) is 3.93. The SMILES string of the molecule is O=C(COc1ccccc1)N[C@@H]1C(=O)N2C(C(=O)O)=CCC[C@@H]12.